The summed E-state index contributed by atoms with van der Waals surface area (Å²) in [4.78, 5) is 10.8. The Bertz CT molecular complexity index is 1560. The summed E-state index contributed by atoms with van der Waals surface area (Å²) in [6.07, 6.45) is 12.9. The lowest BCUT2D eigenvalue weighted by molar-refractivity contribution is 0.0158. The molecule has 0 N–H and O–H groups in total. The van der Waals surface area contributed by atoms with Crippen molar-refractivity contribution in [1.82, 2.24) is 14.8 Å². The van der Waals surface area contributed by atoms with Crippen LogP contribution in [0.5, 0.6) is 11.6 Å². The van der Waals surface area contributed by atoms with Crippen LogP contribution in [-0.2, 0) is 19.6 Å². The molecule has 0 spiro atoms. The molecule has 2 aliphatic heterocycles. The van der Waals surface area contributed by atoms with Gasteiger partial charge in [0.15, 0.2) is 0 Å². The summed E-state index contributed by atoms with van der Waals surface area (Å²) in [7, 11) is 4.43. The van der Waals surface area contributed by atoms with Crippen molar-refractivity contribution in [3.63, 3.8) is 0 Å². The predicted molar refractivity (Wildman–Crippen MR) is 173 cm³/mol. The molecule has 1 aliphatic carbocycles. The van der Waals surface area contributed by atoms with Crippen LogP contribution >= 0.6 is 11.8 Å². The van der Waals surface area contributed by atoms with E-state index in [0.717, 1.165) is 48.0 Å². The van der Waals surface area contributed by atoms with Gasteiger partial charge in [-0.15, -0.1) is 11.8 Å². The van der Waals surface area contributed by atoms with E-state index in [9.17, 15) is 0 Å². The zero-order valence-corrected chi connectivity index (χ0v) is 26.9. The summed E-state index contributed by atoms with van der Waals surface area (Å²) in [6, 6.07) is 15.6. The highest BCUT2D eigenvalue weighted by atomic mass is 32.2. The van der Waals surface area contributed by atoms with Crippen molar-refractivity contribution < 1.29 is 9.47 Å². The first kappa shape index (κ1) is 29.1. The molecule has 222 valence electrons. The normalized spacial score (nSPS) is 23.1. The third kappa shape index (κ3) is 5.80. The van der Waals surface area contributed by atoms with Gasteiger partial charge in [0.25, 0.3) is 0 Å². The first-order valence-electron chi connectivity index (χ1n) is 15.4. The number of nitrogens with zero attached hydrogens (tertiary/aromatic N) is 3. The summed E-state index contributed by atoms with van der Waals surface area (Å²) >= 11 is 1.76. The summed E-state index contributed by atoms with van der Waals surface area (Å²) in [6.45, 7) is 8.76. The van der Waals surface area contributed by atoms with Gasteiger partial charge >= 0.3 is 0 Å². The van der Waals surface area contributed by atoms with Gasteiger partial charge in [-0.3, -0.25) is 0 Å². The molecular weight excluding hydrogens is 538 g/mol. The molecule has 0 amide bonds. The number of benzene rings is 2. The van der Waals surface area contributed by atoms with E-state index in [1.807, 2.05) is 25.1 Å². The Morgan fingerprint density at radius 1 is 1.10 bits per heavy atom. The Hall–Kier alpha value is -2.96. The van der Waals surface area contributed by atoms with E-state index >= 15 is 0 Å². The molecule has 1 saturated carbocycles. The number of rotatable bonds is 8. The third-order valence-electron chi connectivity index (χ3n) is 9.67. The number of ether oxygens (including phenoxy) is 2. The Kier molecular flexibility index (Phi) is 8.30. The highest BCUT2D eigenvalue weighted by molar-refractivity contribution is 7.98. The highest BCUT2D eigenvalue weighted by Crippen LogP contribution is 2.45. The van der Waals surface area contributed by atoms with Crippen LogP contribution in [0.2, 0.25) is 0 Å². The second kappa shape index (κ2) is 12.0. The fraction of sp³-hybridized carbons (Fsp3) is 0.472. The molecule has 3 aromatic rings. The fourth-order valence-corrected chi connectivity index (χ4v) is 7.87. The maximum absolute atomic E-state index is 6.92. The van der Waals surface area contributed by atoms with E-state index in [1.165, 1.54) is 52.1 Å². The van der Waals surface area contributed by atoms with Crippen molar-refractivity contribution in [2.24, 2.45) is 5.92 Å². The molecule has 0 radical (unpaired) electrons. The van der Waals surface area contributed by atoms with E-state index in [1.54, 1.807) is 11.8 Å². The molecular formula is C36H45N3O2S. The largest absolute Gasteiger partial charge is 0.486 e. The van der Waals surface area contributed by atoms with Gasteiger partial charge in [0.2, 0.25) is 5.88 Å². The molecule has 5 nitrogen and oxygen atoms in total. The summed E-state index contributed by atoms with van der Waals surface area (Å²) in [5.41, 5.74) is 5.80. The third-order valence-corrected chi connectivity index (χ3v) is 10.5. The summed E-state index contributed by atoms with van der Waals surface area (Å²) in [5.74, 6) is 2.46. The van der Waals surface area contributed by atoms with Crippen LogP contribution in [0.15, 0.2) is 47.4 Å². The number of fused-ring (bicyclic) bond motifs is 2. The van der Waals surface area contributed by atoms with E-state index in [4.69, 9.17) is 14.5 Å². The van der Waals surface area contributed by atoms with Crippen molar-refractivity contribution in [2.45, 2.75) is 82.6 Å². The molecule has 0 saturated heterocycles. The van der Waals surface area contributed by atoms with Crippen LogP contribution in [0.1, 0.15) is 60.6 Å². The average Bonchev–Trinajstić information content (AvgIpc) is 3.35. The lowest BCUT2D eigenvalue weighted by Gasteiger charge is -2.40. The molecule has 6 rings (SSSR count). The topological polar surface area (TPSA) is 37.8 Å². The van der Waals surface area contributed by atoms with Crippen molar-refractivity contribution in [3.05, 3.63) is 80.8 Å². The SMILES string of the molecule is CSc1cc(C)nc(OCc2ccccc2)c1CN1C=c2c(C)c3c(cc2=CC1)CC(C)(C1CCC(N(C)C)CC1)O3. The first-order chi connectivity index (χ1) is 20.2. The van der Waals surface area contributed by atoms with Gasteiger partial charge in [0.05, 0.1) is 0 Å². The molecule has 1 fully saturated rings. The molecule has 1 unspecified atom stereocenters. The first-order valence-corrected chi connectivity index (χ1v) is 16.6. The van der Waals surface area contributed by atoms with Gasteiger partial charge < -0.3 is 19.3 Å². The van der Waals surface area contributed by atoms with Gasteiger partial charge in [0, 0.05) is 58.7 Å². The molecule has 1 aromatic heterocycles. The lowest BCUT2D eigenvalue weighted by Crippen LogP contribution is -2.44. The monoisotopic (exact) mass is 583 g/mol. The Labute approximate surface area is 255 Å². The second-order valence-electron chi connectivity index (χ2n) is 12.8. The molecule has 42 heavy (non-hydrogen) atoms. The molecule has 3 aliphatic rings. The fourth-order valence-electron chi connectivity index (χ4n) is 7.18. The molecule has 3 heterocycles. The smallest absolute Gasteiger partial charge is 0.220 e. The van der Waals surface area contributed by atoms with E-state index in [0.29, 0.717) is 18.6 Å². The number of thioether (sulfide) groups is 1. The Balaban J connectivity index is 1.24. The summed E-state index contributed by atoms with van der Waals surface area (Å²) < 4.78 is 13.3. The number of hydrogen-bond donors (Lipinski definition) is 0. The minimum absolute atomic E-state index is 0.111. The van der Waals surface area contributed by atoms with Gasteiger partial charge in [-0.25, -0.2) is 4.98 Å². The minimum atomic E-state index is -0.111. The number of aryl methyl sites for hydroxylation is 1. The standard InChI is InChI=1S/C36H45N3O2S/c1-24-18-33(42-6)32(35(37-24)40-23-26-10-8-7-9-11-26)22-39-17-16-27-19-28-20-36(3,41-34(28)25(2)31(27)21-39)29-12-14-30(15-13-29)38(4)5/h7-11,16,18-19,21,29-30H,12-15,17,20,22-23H2,1-6H3. The average molecular weight is 584 g/mol. The Morgan fingerprint density at radius 3 is 2.57 bits per heavy atom. The summed E-state index contributed by atoms with van der Waals surface area (Å²) in [5, 5.41) is 2.61. The number of aromatic nitrogens is 1. The molecule has 2 aromatic carbocycles. The maximum atomic E-state index is 6.92. The minimum Gasteiger partial charge on any atom is -0.486 e. The van der Waals surface area contributed by atoms with Crippen LogP contribution in [-0.4, -0.2) is 53.3 Å². The number of hydrogen-bond acceptors (Lipinski definition) is 6. The van der Waals surface area contributed by atoms with E-state index < -0.39 is 0 Å². The second-order valence-corrected chi connectivity index (χ2v) is 13.7. The number of pyridine rings is 1. The van der Waals surface area contributed by atoms with Crippen molar-refractivity contribution >= 4 is 24.0 Å². The van der Waals surface area contributed by atoms with Crippen LogP contribution in [0, 0.1) is 19.8 Å². The maximum Gasteiger partial charge on any atom is 0.220 e. The quantitative estimate of drug-likeness (QED) is 0.310. The van der Waals surface area contributed by atoms with Crippen LogP contribution in [0.25, 0.3) is 12.3 Å². The highest BCUT2D eigenvalue weighted by Gasteiger charge is 2.44. The van der Waals surface area contributed by atoms with Crippen molar-refractivity contribution in [2.75, 3.05) is 26.9 Å². The lowest BCUT2D eigenvalue weighted by atomic mass is 9.74. The van der Waals surface area contributed by atoms with Gasteiger partial charge in [-0.1, -0.05) is 36.4 Å². The molecule has 6 heteroatoms. The molecule has 1 atom stereocenters. The van der Waals surface area contributed by atoms with Gasteiger partial charge in [0.1, 0.15) is 18.0 Å². The van der Waals surface area contributed by atoms with Crippen molar-refractivity contribution in [3.8, 4) is 11.6 Å². The molecule has 0 bridgehead atoms. The zero-order valence-electron chi connectivity index (χ0n) is 26.1. The van der Waals surface area contributed by atoms with E-state index in [2.05, 4.69) is 80.5 Å². The van der Waals surface area contributed by atoms with Crippen molar-refractivity contribution in [1.29, 1.82) is 0 Å². The van der Waals surface area contributed by atoms with Crippen LogP contribution < -0.4 is 19.9 Å². The zero-order chi connectivity index (χ0) is 29.4. The van der Waals surface area contributed by atoms with Gasteiger partial charge in [-0.2, -0.15) is 0 Å². The van der Waals surface area contributed by atoms with Crippen LogP contribution in [0.4, 0.5) is 0 Å². The van der Waals surface area contributed by atoms with E-state index in [-0.39, 0.29) is 5.60 Å². The Morgan fingerprint density at radius 2 is 1.86 bits per heavy atom. The van der Waals surface area contributed by atoms with Crippen LogP contribution in [0.3, 0.4) is 0 Å². The predicted octanol–water partition coefficient (Wildman–Crippen LogP) is 5.85. The van der Waals surface area contributed by atoms with Gasteiger partial charge in [-0.05, 0) is 101 Å².